The van der Waals surface area contributed by atoms with Crippen molar-refractivity contribution in [3.05, 3.63) is 45.6 Å². The lowest BCUT2D eigenvalue weighted by Gasteiger charge is -2.21. The lowest BCUT2D eigenvalue weighted by molar-refractivity contribution is 0.0698. The minimum Gasteiger partial charge on any atom is -0.478 e. The second kappa shape index (κ2) is 6.07. The number of anilines is 1. The summed E-state index contributed by atoms with van der Waals surface area (Å²) in [4.78, 5) is 28.1. The van der Waals surface area contributed by atoms with Crippen LogP contribution in [0.4, 0.5) is 5.82 Å². The van der Waals surface area contributed by atoms with Gasteiger partial charge in [-0.25, -0.2) is 4.79 Å². The molecule has 1 aliphatic heterocycles. The van der Waals surface area contributed by atoms with Crippen molar-refractivity contribution in [1.82, 2.24) is 4.98 Å². The Morgan fingerprint density at radius 1 is 1.24 bits per heavy atom. The zero-order chi connectivity index (χ0) is 17.6. The summed E-state index contributed by atoms with van der Waals surface area (Å²) in [5.74, 6) is 1.30. The summed E-state index contributed by atoms with van der Waals surface area (Å²) in [6.45, 7) is 0. The number of aromatic carboxylic acids is 1. The molecule has 3 heterocycles. The Kier molecular flexibility index (Phi) is 3.88. The highest BCUT2D eigenvalue weighted by atomic mass is 32.2. The number of aromatic nitrogens is 1. The molecule has 0 bridgehead atoms. The Bertz CT molecular complexity index is 1050. The van der Waals surface area contributed by atoms with Crippen molar-refractivity contribution >= 4 is 45.6 Å². The third-order valence-electron chi connectivity index (χ3n) is 4.64. The summed E-state index contributed by atoms with van der Waals surface area (Å²) in [6, 6.07) is 6.90. The summed E-state index contributed by atoms with van der Waals surface area (Å²) < 4.78 is 5.70. The quantitative estimate of drug-likeness (QED) is 0.679. The molecule has 25 heavy (non-hydrogen) atoms. The van der Waals surface area contributed by atoms with Crippen molar-refractivity contribution in [3.8, 4) is 0 Å². The van der Waals surface area contributed by atoms with Gasteiger partial charge in [0.2, 0.25) is 11.1 Å². The van der Waals surface area contributed by atoms with Crippen molar-refractivity contribution in [1.29, 1.82) is 0 Å². The Balaban J connectivity index is 1.93. The highest BCUT2D eigenvalue weighted by molar-refractivity contribution is 7.99. The number of thioether (sulfide) groups is 1. The van der Waals surface area contributed by atoms with Crippen LogP contribution in [0.5, 0.6) is 0 Å². The van der Waals surface area contributed by atoms with Gasteiger partial charge in [0.25, 0.3) is 0 Å². The SMILES string of the molecule is Nc1nc2oc3ccc(C4CCSCC4)cc3c(=O)c2cc1C(=O)O. The van der Waals surface area contributed by atoms with Crippen LogP contribution < -0.4 is 11.2 Å². The zero-order valence-electron chi connectivity index (χ0n) is 13.3. The number of hydrogen-bond acceptors (Lipinski definition) is 6. The first-order chi connectivity index (χ1) is 12.0. The lowest BCUT2D eigenvalue weighted by atomic mass is 9.92. The molecular formula is C18H16N2O4S. The molecule has 0 saturated carbocycles. The van der Waals surface area contributed by atoms with E-state index in [9.17, 15) is 14.7 Å². The van der Waals surface area contributed by atoms with E-state index < -0.39 is 5.97 Å². The van der Waals surface area contributed by atoms with Crippen LogP contribution in [0.3, 0.4) is 0 Å². The average molecular weight is 356 g/mol. The molecule has 1 aliphatic rings. The van der Waals surface area contributed by atoms with Crippen molar-refractivity contribution in [2.45, 2.75) is 18.8 Å². The van der Waals surface area contributed by atoms with Crippen LogP contribution >= 0.6 is 11.8 Å². The van der Waals surface area contributed by atoms with E-state index in [2.05, 4.69) is 4.98 Å². The molecule has 1 saturated heterocycles. The van der Waals surface area contributed by atoms with Crippen LogP contribution in [0, 0.1) is 0 Å². The predicted molar refractivity (Wildman–Crippen MR) is 98.5 cm³/mol. The largest absolute Gasteiger partial charge is 0.478 e. The van der Waals surface area contributed by atoms with Crippen LogP contribution in [0.1, 0.15) is 34.7 Å². The fourth-order valence-corrected chi connectivity index (χ4v) is 4.38. The maximum Gasteiger partial charge on any atom is 0.339 e. The van der Waals surface area contributed by atoms with Crippen LogP contribution in [0.15, 0.2) is 33.5 Å². The Hall–Kier alpha value is -2.54. The summed E-state index contributed by atoms with van der Waals surface area (Å²) in [5, 5.41) is 9.77. The van der Waals surface area contributed by atoms with Crippen LogP contribution in [0.2, 0.25) is 0 Å². The monoisotopic (exact) mass is 356 g/mol. The minimum atomic E-state index is -1.22. The fraction of sp³-hybridized carbons (Fsp3) is 0.278. The maximum atomic E-state index is 12.9. The highest BCUT2D eigenvalue weighted by Crippen LogP contribution is 2.33. The number of carboxylic acid groups (broad SMARTS) is 1. The number of hydrogen-bond donors (Lipinski definition) is 2. The number of nitrogen functional groups attached to an aromatic ring is 1. The number of nitrogens with two attached hydrogens (primary N) is 1. The summed E-state index contributed by atoms with van der Waals surface area (Å²) in [6.07, 6.45) is 2.19. The fourth-order valence-electron chi connectivity index (χ4n) is 3.27. The molecule has 128 valence electrons. The minimum absolute atomic E-state index is 0.0572. The smallest absolute Gasteiger partial charge is 0.339 e. The standard InChI is InChI=1S/C18H16N2O4S/c19-16-13(18(22)23)8-12-15(21)11-7-10(9-3-5-25-6-4-9)1-2-14(11)24-17(12)20-16/h1-2,7-9H,3-6H2,(H2,19,20)(H,22,23). The molecule has 1 aromatic carbocycles. The van der Waals surface area contributed by atoms with E-state index in [0.29, 0.717) is 16.9 Å². The van der Waals surface area contributed by atoms with Crippen LogP contribution in [-0.4, -0.2) is 27.6 Å². The molecule has 2 aromatic heterocycles. The number of pyridine rings is 1. The van der Waals surface area contributed by atoms with Gasteiger partial charge in [-0.05, 0) is 54.0 Å². The molecule has 6 nitrogen and oxygen atoms in total. The average Bonchev–Trinajstić information content (AvgIpc) is 2.62. The second-order valence-electron chi connectivity index (χ2n) is 6.15. The predicted octanol–water partition coefficient (Wildman–Crippen LogP) is 3.23. The third-order valence-corrected chi connectivity index (χ3v) is 5.69. The molecule has 0 amide bonds. The van der Waals surface area contributed by atoms with Crippen LogP contribution in [-0.2, 0) is 0 Å². The van der Waals surface area contributed by atoms with Crippen molar-refractivity contribution in [2.24, 2.45) is 0 Å². The van der Waals surface area contributed by atoms with E-state index in [1.165, 1.54) is 6.07 Å². The molecule has 0 spiro atoms. The summed E-state index contributed by atoms with van der Waals surface area (Å²) >= 11 is 1.95. The van der Waals surface area contributed by atoms with Gasteiger partial charge in [-0.3, -0.25) is 4.79 Å². The van der Waals surface area contributed by atoms with E-state index >= 15 is 0 Å². The summed E-state index contributed by atoms with van der Waals surface area (Å²) in [7, 11) is 0. The van der Waals surface area contributed by atoms with Gasteiger partial charge < -0.3 is 15.3 Å². The molecule has 3 N–H and O–H groups in total. The Labute approximate surface area is 147 Å². The normalized spacial score (nSPS) is 15.7. The van der Waals surface area contributed by atoms with Gasteiger partial charge in [0.05, 0.1) is 10.8 Å². The lowest BCUT2D eigenvalue weighted by Crippen LogP contribution is -2.11. The van der Waals surface area contributed by atoms with Gasteiger partial charge in [-0.2, -0.15) is 16.7 Å². The molecule has 3 aromatic rings. The van der Waals surface area contributed by atoms with E-state index in [0.717, 1.165) is 29.9 Å². The highest BCUT2D eigenvalue weighted by Gasteiger charge is 2.19. The number of rotatable bonds is 2. The number of nitrogens with zero attached hydrogens (tertiary/aromatic N) is 1. The van der Waals surface area contributed by atoms with Crippen LogP contribution in [0.25, 0.3) is 22.1 Å². The van der Waals surface area contributed by atoms with E-state index in [1.54, 1.807) is 6.07 Å². The molecule has 7 heteroatoms. The van der Waals surface area contributed by atoms with E-state index in [1.807, 2.05) is 23.9 Å². The molecule has 0 radical (unpaired) electrons. The first-order valence-electron chi connectivity index (χ1n) is 8.02. The van der Waals surface area contributed by atoms with E-state index in [4.69, 9.17) is 10.2 Å². The van der Waals surface area contributed by atoms with Gasteiger partial charge in [-0.15, -0.1) is 0 Å². The molecule has 0 aliphatic carbocycles. The first-order valence-corrected chi connectivity index (χ1v) is 9.18. The van der Waals surface area contributed by atoms with Crippen molar-refractivity contribution in [3.63, 3.8) is 0 Å². The van der Waals surface area contributed by atoms with Crippen molar-refractivity contribution in [2.75, 3.05) is 17.2 Å². The number of carbonyl (C=O) groups is 1. The first kappa shape index (κ1) is 16.0. The molecular weight excluding hydrogens is 340 g/mol. The van der Waals surface area contributed by atoms with Gasteiger partial charge >= 0.3 is 5.97 Å². The molecule has 0 unspecified atom stereocenters. The summed E-state index contributed by atoms with van der Waals surface area (Å²) in [5.41, 5.74) is 6.79. The van der Waals surface area contributed by atoms with E-state index in [-0.39, 0.29) is 27.9 Å². The number of benzene rings is 1. The topological polar surface area (TPSA) is 106 Å². The molecule has 1 fully saturated rings. The Morgan fingerprint density at radius 2 is 2.00 bits per heavy atom. The third kappa shape index (κ3) is 2.74. The molecule has 0 atom stereocenters. The molecule has 4 rings (SSSR count). The van der Waals surface area contributed by atoms with Gasteiger partial charge in [-0.1, -0.05) is 6.07 Å². The Morgan fingerprint density at radius 3 is 2.72 bits per heavy atom. The maximum absolute atomic E-state index is 12.9. The number of carboxylic acids is 1. The van der Waals surface area contributed by atoms with Gasteiger partial charge in [0.1, 0.15) is 17.0 Å². The second-order valence-corrected chi connectivity index (χ2v) is 7.38. The van der Waals surface area contributed by atoms with Crippen molar-refractivity contribution < 1.29 is 14.3 Å². The van der Waals surface area contributed by atoms with Gasteiger partial charge in [0, 0.05) is 0 Å². The number of fused-ring (bicyclic) bond motifs is 2. The van der Waals surface area contributed by atoms with Gasteiger partial charge in [0.15, 0.2) is 0 Å². The zero-order valence-corrected chi connectivity index (χ0v) is 14.1.